The summed E-state index contributed by atoms with van der Waals surface area (Å²) in [4.78, 5) is 25.2. The van der Waals surface area contributed by atoms with Gasteiger partial charge in [-0.15, -0.1) is 5.01 Å². The van der Waals surface area contributed by atoms with Crippen LogP contribution in [0.2, 0.25) is 0 Å². The first kappa shape index (κ1) is 18.2. The number of amides is 3. The Morgan fingerprint density at radius 1 is 1.07 bits per heavy atom. The highest BCUT2D eigenvalue weighted by Crippen LogP contribution is 2.36. The van der Waals surface area contributed by atoms with Crippen LogP contribution < -0.4 is 10.1 Å². The van der Waals surface area contributed by atoms with E-state index in [1.165, 1.54) is 6.21 Å². The van der Waals surface area contributed by atoms with Crippen molar-refractivity contribution in [3.63, 3.8) is 0 Å². The van der Waals surface area contributed by atoms with E-state index in [-0.39, 0.29) is 5.91 Å². The van der Waals surface area contributed by atoms with Gasteiger partial charge in [-0.1, -0.05) is 37.3 Å². The van der Waals surface area contributed by atoms with Crippen molar-refractivity contribution in [1.29, 1.82) is 0 Å². The van der Waals surface area contributed by atoms with Gasteiger partial charge in [0.25, 0.3) is 5.91 Å². The van der Waals surface area contributed by atoms with Gasteiger partial charge in [-0.2, -0.15) is 5.10 Å². The molecule has 2 fully saturated rings. The zero-order chi connectivity index (χ0) is 19.6. The first-order valence-corrected chi connectivity index (χ1v) is 9.59. The summed E-state index contributed by atoms with van der Waals surface area (Å²) in [5, 5.41) is 7.99. The average molecular weight is 377 g/mol. The maximum atomic E-state index is 12.8. The van der Waals surface area contributed by atoms with Crippen LogP contribution in [0.25, 0.3) is 0 Å². The molecule has 144 valence electrons. The molecule has 1 aliphatic heterocycles. The Morgan fingerprint density at radius 2 is 1.79 bits per heavy atom. The van der Waals surface area contributed by atoms with Gasteiger partial charge in [-0.05, 0) is 61.4 Å². The van der Waals surface area contributed by atoms with Crippen LogP contribution in [0.15, 0.2) is 59.7 Å². The second-order valence-corrected chi connectivity index (χ2v) is 7.54. The smallest absolute Gasteiger partial charge is 0.346 e. The van der Waals surface area contributed by atoms with E-state index in [4.69, 9.17) is 4.74 Å². The Bertz CT molecular complexity index is 902. The summed E-state index contributed by atoms with van der Waals surface area (Å²) in [5.41, 5.74) is -0.0357. The highest BCUT2D eigenvalue weighted by Gasteiger charge is 2.52. The number of hydrogen-bond donors (Lipinski definition) is 1. The van der Waals surface area contributed by atoms with E-state index in [1.807, 2.05) is 54.6 Å². The molecular formula is C22H23N3O3. The number of nitrogens with zero attached hydrogens (tertiary/aromatic N) is 2. The van der Waals surface area contributed by atoms with E-state index in [0.29, 0.717) is 24.5 Å². The number of para-hydroxylation sites is 1. The number of carbonyl (C=O) groups excluding carboxylic acids is 2. The lowest BCUT2D eigenvalue weighted by molar-refractivity contribution is -0.132. The van der Waals surface area contributed by atoms with Gasteiger partial charge >= 0.3 is 6.03 Å². The molecule has 1 N–H and O–H groups in total. The van der Waals surface area contributed by atoms with Crippen LogP contribution in [0, 0.1) is 5.92 Å². The van der Waals surface area contributed by atoms with Crippen LogP contribution >= 0.6 is 0 Å². The molecule has 0 aromatic heterocycles. The van der Waals surface area contributed by atoms with E-state index in [9.17, 15) is 9.59 Å². The fourth-order valence-electron chi connectivity index (χ4n) is 3.71. The molecule has 6 nitrogen and oxygen atoms in total. The topological polar surface area (TPSA) is 71.0 Å². The van der Waals surface area contributed by atoms with Crippen LogP contribution in [0.3, 0.4) is 0 Å². The number of urea groups is 1. The summed E-state index contributed by atoms with van der Waals surface area (Å²) in [6.07, 6.45) is 4.72. The predicted octanol–water partition coefficient (Wildman–Crippen LogP) is 4.31. The molecule has 0 unspecified atom stereocenters. The predicted molar refractivity (Wildman–Crippen MR) is 106 cm³/mol. The van der Waals surface area contributed by atoms with Crippen molar-refractivity contribution in [3.05, 3.63) is 60.2 Å². The molecule has 0 radical (unpaired) electrons. The van der Waals surface area contributed by atoms with E-state index in [1.54, 1.807) is 0 Å². The zero-order valence-corrected chi connectivity index (χ0v) is 15.8. The number of imide groups is 1. The molecule has 0 bridgehead atoms. The standard InChI is InChI=1S/C22H23N3O3/c1-16-10-12-22(13-11-16)20(26)25(21(27)24-22)23-15-17-6-5-9-19(14-17)28-18-7-3-2-4-8-18/h2-9,14-16H,10-13H2,1H3,(H,24,27)/b23-15+. The molecule has 1 aliphatic carbocycles. The van der Waals surface area contributed by atoms with Crippen molar-refractivity contribution in [3.8, 4) is 11.5 Å². The van der Waals surface area contributed by atoms with E-state index in [0.717, 1.165) is 29.2 Å². The molecule has 2 aromatic carbocycles. The number of nitrogens with one attached hydrogen (secondary N) is 1. The molecule has 2 aliphatic rings. The Labute approximate surface area is 164 Å². The minimum absolute atomic E-state index is 0.252. The van der Waals surface area contributed by atoms with Gasteiger partial charge in [0, 0.05) is 0 Å². The van der Waals surface area contributed by atoms with Crippen LogP contribution in [-0.2, 0) is 4.79 Å². The summed E-state index contributed by atoms with van der Waals surface area (Å²) in [6.45, 7) is 2.18. The van der Waals surface area contributed by atoms with E-state index >= 15 is 0 Å². The van der Waals surface area contributed by atoms with Crippen molar-refractivity contribution in [2.45, 2.75) is 38.1 Å². The highest BCUT2D eigenvalue weighted by atomic mass is 16.5. The molecule has 1 saturated carbocycles. The van der Waals surface area contributed by atoms with Gasteiger partial charge in [-0.25, -0.2) is 4.79 Å². The number of hydrazone groups is 1. The van der Waals surface area contributed by atoms with Crippen LogP contribution in [0.5, 0.6) is 11.5 Å². The molecule has 1 heterocycles. The monoisotopic (exact) mass is 377 g/mol. The Hall–Kier alpha value is -3.15. The van der Waals surface area contributed by atoms with Crippen molar-refractivity contribution < 1.29 is 14.3 Å². The SMILES string of the molecule is CC1CCC2(CC1)NC(=O)N(/N=C/c1cccc(Oc3ccccc3)c1)C2=O. The summed E-state index contributed by atoms with van der Waals surface area (Å²) in [7, 11) is 0. The van der Waals surface area contributed by atoms with Gasteiger partial charge in [0.1, 0.15) is 17.0 Å². The summed E-state index contributed by atoms with van der Waals surface area (Å²) < 4.78 is 5.81. The van der Waals surface area contributed by atoms with Crippen molar-refractivity contribution >= 4 is 18.2 Å². The molecule has 1 spiro atoms. The van der Waals surface area contributed by atoms with E-state index < -0.39 is 11.6 Å². The Morgan fingerprint density at radius 3 is 2.54 bits per heavy atom. The number of ether oxygens (including phenoxy) is 1. The molecule has 4 rings (SSSR count). The number of rotatable bonds is 4. The second kappa shape index (κ2) is 7.46. The number of carbonyl (C=O) groups is 2. The van der Waals surface area contributed by atoms with Gasteiger partial charge in [0.15, 0.2) is 0 Å². The van der Waals surface area contributed by atoms with Gasteiger partial charge in [0.2, 0.25) is 0 Å². The molecule has 1 saturated heterocycles. The molecular weight excluding hydrogens is 354 g/mol. The highest BCUT2D eigenvalue weighted by molar-refractivity contribution is 6.07. The van der Waals surface area contributed by atoms with Crippen molar-refractivity contribution in [2.24, 2.45) is 11.0 Å². The minimum Gasteiger partial charge on any atom is -0.457 e. The molecule has 28 heavy (non-hydrogen) atoms. The maximum absolute atomic E-state index is 12.8. The lowest BCUT2D eigenvalue weighted by atomic mass is 9.77. The van der Waals surface area contributed by atoms with Gasteiger partial charge in [0.05, 0.1) is 6.21 Å². The second-order valence-electron chi connectivity index (χ2n) is 7.54. The first-order chi connectivity index (χ1) is 13.6. The lowest BCUT2D eigenvalue weighted by Gasteiger charge is -2.33. The Balaban J connectivity index is 1.47. The van der Waals surface area contributed by atoms with Gasteiger partial charge < -0.3 is 10.1 Å². The van der Waals surface area contributed by atoms with Crippen molar-refractivity contribution in [1.82, 2.24) is 10.3 Å². The van der Waals surface area contributed by atoms with E-state index in [2.05, 4.69) is 17.3 Å². The van der Waals surface area contributed by atoms with Crippen LogP contribution in [-0.4, -0.2) is 28.7 Å². The first-order valence-electron chi connectivity index (χ1n) is 9.59. The molecule has 2 aromatic rings. The summed E-state index contributed by atoms with van der Waals surface area (Å²) in [6, 6.07) is 16.4. The quantitative estimate of drug-likeness (QED) is 0.637. The molecule has 3 amide bonds. The number of benzene rings is 2. The molecule has 6 heteroatoms. The zero-order valence-electron chi connectivity index (χ0n) is 15.8. The Kier molecular flexibility index (Phi) is 4.86. The average Bonchev–Trinajstić information content (AvgIpc) is 2.93. The third-order valence-electron chi connectivity index (χ3n) is 5.43. The molecule has 0 atom stereocenters. The number of hydrogen-bond acceptors (Lipinski definition) is 4. The lowest BCUT2D eigenvalue weighted by Crippen LogP contribution is -2.49. The summed E-state index contributed by atoms with van der Waals surface area (Å²) >= 11 is 0. The fraction of sp³-hybridized carbons (Fsp3) is 0.318. The minimum atomic E-state index is -0.779. The maximum Gasteiger partial charge on any atom is 0.346 e. The largest absolute Gasteiger partial charge is 0.457 e. The third kappa shape index (κ3) is 3.63. The normalized spacial score (nSPS) is 24.8. The van der Waals surface area contributed by atoms with Crippen molar-refractivity contribution in [2.75, 3.05) is 0 Å². The third-order valence-corrected chi connectivity index (χ3v) is 5.43. The van der Waals surface area contributed by atoms with Crippen LogP contribution in [0.4, 0.5) is 4.79 Å². The summed E-state index contributed by atoms with van der Waals surface area (Å²) in [5.74, 6) is 1.72. The van der Waals surface area contributed by atoms with Gasteiger partial charge in [-0.3, -0.25) is 4.79 Å². The fourth-order valence-corrected chi connectivity index (χ4v) is 3.71. The van der Waals surface area contributed by atoms with Crippen LogP contribution in [0.1, 0.15) is 38.2 Å².